The molecule has 1 heterocycles. The number of aromatic nitrogens is 1. The summed E-state index contributed by atoms with van der Waals surface area (Å²) in [5.74, 6) is 3.00. The van der Waals surface area contributed by atoms with E-state index in [1.165, 1.54) is 36.9 Å². The summed E-state index contributed by atoms with van der Waals surface area (Å²) in [6.07, 6.45) is 6.87. The largest absolute Gasteiger partial charge is 0.347 e. The minimum absolute atomic E-state index is 0.127. The summed E-state index contributed by atoms with van der Waals surface area (Å²) >= 11 is 0. The smallest absolute Gasteiger partial charge is 0.290 e. The highest BCUT2D eigenvalue weighted by molar-refractivity contribution is 5.62. The van der Waals surface area contributed by atoms with Crippen LogP contribution in [0.2, 0.25) is 0 Å². The van der Waals surface area contributed by atoms with E-state index in [-0.39, 0.29) is 10.3 Å². The average Bonchev–Trinajstić information content (AvgIpc) is 3.12. The Morgan fingerprint density at radius 3 is 2.76 bits per heavy atom. The first kappa shape index (κ1) is 14.1. The molecular weight excluding hydrogens is 312 g/mol. The maximum atomic E-state index is 11.7. The molecule has 5 aliphatic rings. The molecule has 0 saturated heterocycles. The molecule has 1 aromatic heterocycles. The Balaban J connectivity index is 1.64. The van der Waals surface area contributed by atoms with Gasteiger partial charge in [0.25, 0.3) is 5.69 Å². The van der Waals surface area contributed by atoms with Crippen LogP contribution in [0.15, 0.2) is 36.5 Å². The van der Waals surface area contributed by atoms with E-state index in [9.17, 15) is 10.1 Å². The van der Waals surface area contributed by atoms with E-state index in [0.29, 0.717) is 29.4 Å². The van der Waals surface area contributed by atoms with E-state index >= 15 is 0 Å². The van der Waals surface area contributed by atoms with Gasteiger partial charge in [0.1, 0.15) is 0 Å². The fraction of sp³-hybridized carbons (Fsp3) is 0.524. The molecule has 3 saturated carbocycles. The highest BCUT2D eigenvalue weighted by Gasteiger charge is 2.79. The van der Waals surface area contributed by atoms with Gasteiger partial charge in [0.15, 0.2) is 0 Å². The summed E-state index contributed by atoms with van der Waals surface area (Å²) in [4.78, 5) is 11.5. The predicted octanol–water partition coefficient (Wildman–Crippen LogP) is 4.50. The predicted molar refractivity (Wildman–Crippen MR) is 94.6 cm³/mol. The van der Waals surface area contributed by atoms with Crippen molar-refractivity contribution in [3.05, 3.63) is 63.5 Å². The van der Waals surface area contributed by atoms with E-state index in [2.05, 4.69) is 34.9 Å². The van der Waals surface area contributed by atoms with Crippen molar-refractivity contribution in [3.63, 3.8) is 0 Å². The first-order valence-corrected chi connectivity index (χ1v) is 9.55. The zero-order chi connectivity index (χ0) is 16.9. The molecule has 4 bridgehead atoms. The standard InChI is InChI=1S/C21H22N2O2/c1-22-11-14(23(24)25)16-17-15-13-9-5-6-10-21(13,20(16)22)19(18(15)17)12-7-3-2-4-8-12/h2-4,7-8,11,13,15,17-19H,5-6,9-10H2,1H3/t13-,15+,17+,18+,19-,21+/m1/s1. The van der Waals surface area contributed by atoms with E-state index < -0.39 is 0 Å². The molecule has 1 spiro atoms. The van der Waals surface area contributed by atoms with Gasteiger partial charge in [0, 0.05) is 18.2 Å². The first-order chi connectivity index (χ1) is 12.2. The third kappa shape index (κ3) is 1.43. The molecule has 0 amide bonds. The fourth-order valence-corrected chi connectivity index (χ4v) is 7.49. The van der Waals surface area contributed by atoms with Crippen molar-refractivity contribution in [3.8, 4) is 0 Å². The molecule has 2 aromatic rings. The molecule has 3 fully saturated rings. The van der Waals surface area contributed by atoms with Gasteiger partial charge < -0.3 is 4.57 Å². The Hall–Kier alpha value is -2.10. The summed E-state index contributed by atoms with van der Waals surface area (Å²) in [6.45, 7) is 0. The van der Waals surface area contributed by atoms with Gasteiger partial charge >= 0.3 is 0 Å². The minimum Gasteiger partial charge on any atom is -0.347 e. The van der Waals surface area contributed by atoms with Crippen molar-refractivity contribution in [2.24, 2.45) is 24.8 Å². The third-order valence-electron chi connectivity index (χ3n) is 7.88. The second kappa shape index (κ2) is 4.35. The highest BCUT2D eigenvalue weighted by atomic mass is 16.6. The monoisotopic (exact) mass is 334 g/mol. The van der Waals surface area contributed by atoms with Gasteiger partial charge in [0.05, 0.1) is 16.7 Å². The lowest BCUT2D eigenvalue weighted by Crippen LogP contribution is -2.46. The molecule has 0 radical (unpaired) electrons. The van der Waals surface area contributed by atoms with Crippen LogP contribution in [0.3, 0.4) is 0 Å². The van der Waals surface area contributed by atoms with E-state index in [0.717, 1.165) is 11.5 Å². The summed E-state index contributed by atoms with van der Waals surface area (Å²) in [5.41, 5.74) is 4.38. The molecule has 5 aliphatic carbocycles. The number of aryl methyl sites for hydroxylation is 1. The van der Waals surface area contributed by atoms with Gasteiger partial charge in [-0.2, -0.15) is 0 Å². The molecular formula is C21H22N2O2. The van der Waals surface area contributed by atoms with Crippen molar-refractivity contribution in [2.75, 3.05) is 0 Å². The van der Waals surface area contributed by atoms with Crippen LogP contribution in [0, 0.1) is 27.9 Å². The quantitative estimate of drug-likeness (QED) is 0.599. The molecule has 4 heteroatoms. The van der Waals surface area contributed by atoms with Crippen LogP contribution in [-0.4, -0.2) is 9.49 Å². The Labute approximate surface area is 147 Å². The third-order valence-corrected chi connectivity index (χ3v) is 7.88. The number of nitro groups is 1. The zero-order valence-electron chi connectivity index (χ0n) is 14.4. The summed E-state index contributed by atoms with van der Waals surface area (Å²) in [5, 5.41) is 11.7. The molecule has 128 valence electrons. The number of rotatable bonds is 2. The van der Waals surface area contributed by atoms with Crippen molar-refractivity contribution in [1.29, 1.82) is 0 Å². The van der Waals surface area contributed by atoms with Crippen molar-refractivity contribution >= 4 is 5.69 Å². The molecule has 6 atom stereocenters. The Kier molecular flexibility index (Phi) is 2.45. The Morgan fingerprint density at radius 1 is 1.20 bits per heavy atom. The lowest BCUT2D eigenvalue weighted by atomic mass is 9.53. The number of hydrogen-bond acceptors (Lipinski definition) is 2. The Bertz CT molecular complexity index is 902. The average molecular weight is 334 g/mol. The van der Waals surface area contributed by atoms with E-state index in [4.69, 9.17) is 0 Å². The summed E-state index contributed by atoms with van der Waals surface area (Å²) in [6, 6.07) is 11.0. The van der Waals surface area contributed by atoms with E-state index in [1.54, 1.807) is 6.20 Å². The minimum atomic E-state index is -0.148. The van der Waals surface area contributed by atoms with E-state index in [1.807, 2.05) is 7.05 Å². The van der Waals surface area contributed by atoms with Gasteiger partial charge in [-0.25, -0.2) is 0 Å². The van der Waals surface area contributed by atoms with Gasteiger partial charge in [0.2, 0.25) is 0 Å². The van der Waals surface area contributed by atoms with Gasteiger partial charge in [-0.15, -0.1) is 0 Å². The number of hydrogen-bond donors (Lipinski definition) is 0. The molecule has 0 N–H and O–H groups in total. The zero-order valence-corrected chi connectivity index (χ0v) is 14.4. The van der Waals surface area contributed by atoms with Gasteiger partial charge in [-0.05, 0) is 48.0 Å². The molecule has 0 unspecified atom stereocenters. The van der Waals surface area contributed by atoms with Crippen molar-refractivity contribution in [2.45, 2.75) is 42.9 Å². The molecule has 0 aliphatic heterocycles. The normalized spacial score (nSPS) is 39.6. The molecule has 25 heavy (non-hydrogen) atoms. The number of nitrogens with zero attached hydrogens (tertiary/aromatic N) is 2. The molecule has 4 nitrogen and oxygen atoms in total. The van der Waals surface area contributed by atoms with Crippen LogP contribution in [0.5, 0.6) is 0 Å². The van der Waals surface area contributed by atoms with Crippen LogP contribution >= 0.6 is 0 Å². The van der Waals surface area contributed by atoms with Crippen molar-refractivity contribution in [1.82, 2.24) is 4.57 Å². The second-order valence-electron chi connectivity index (χ2n) is 8.61. The van der Waals surface area contributed by atoms with Crippen LogP contribution in [0.25, 0.3) is 0 Å². The Morgan fingerprint density at radius 2 is 2.00 bits per heavy atom. The summed E-state index contributed by atoms with van der Waals surface area (Å²) in [7, 11) is 2.03. The van der Waals surface area contributed by atoms with Crippen LogP contribution in [0.4, 0.5) is 5.69 Å². The highest BCUT2D eigenvalue weighted by Crippen LogP contribution is 2.84. The lowest BCUT2D eigenvalue weighted by molar-refractivity contribution is -0.385. The lowest BCUT2D eigenvalue weighted by Gasteiger charge is -2.51. The van der Waals surface area contributed by atoms with Crippen molar-refractivity contribution < 1.29 is 4.92 Å². The maximum absolute atomic E-state index is 11.7. The topological polar surface area (TPSA) is 48.1 Å². The van der Waals surface area contributed by atoms with Gasteiger partial charge in [-0.1, -0.05) is 43.2 Å². The van der Waals surface area contributed by atoms with Crippen LogP contribution < -0.4 is 0 Å². The first-order valence-electron chi connectivity index (χ1n) is 9.55. The molecule has 7 rings (SSSR count). The fourth-order valence-electron chi connectivity index (χ4n) is 7.49. The van der Waals surface area contributed by atoms with Crippen LogP contribution in [0.1, 0.15) is 54.3 Å². The second-order valence-corrected chi connectivity index (χ2v) is 8.61. The van der Waals surface area contributed by atoms with Gasteiger partial charge in [-0.3, -0.25) is 10.1 Å². The maximum Gasteiger partial charge on any atom is 0.290 e. The van der Waals surface area contributed by atoms with Crippen LogP contribution in [-0.2, 0) is 12.5 Å². The SMILES string of the molecule is Cn1cc([N+](=O)[O-])c2c1[C@@]13CCCC[C@@H]1[C@H]1[C@@H]2[C@H]1[C@H]3c1ccccc1. The summed E-state index contributed by atoms with van der Waals surface area (Å²) < 4.78 is 2.12. The molecule has 1 aromatic carbocycles. The number of benzene rings is 1.